The van der Waals surface area contributed by atoms with E-state index in [9.17, 15) is 9.59 Å². The van der Waals surface area contributed by atoms with E-state index in [4.69, 9.17) is 0 Å². The van der Waals surface area contributed by atoms with Crippen LogP contribution in [-0.2, 0) is 22.4 Å². The molecule has 0 unspecified atom stereocenters. The van der Waals surface area contributed by atoms with E-state index in [1.807, 2.05) is 60.7 Å². The lowest BCUT2D eigenvalue weighted by atomic mass is 9.86. The van der Waals surface area contributed by atoms with Gasteiger partial charge in [-0.15, -0.1) is 0 Å². The molecule has 2 aliphatic heterocycles. The molecule has 0 aromatic heterocycles. The van der Waals surface area contributed by atoms with E-state index in [1.54, 1.807) is 0 Å². The van der Waals surface area contributed by atoms with E-state index in [1.165, 1.54) is 19.3 Å². The van der Waals surface area contributed by atoms with Gasteiger partial charge in [0.05, 0.1) is 12.8 Å². The number of nitrogens with zero attached hydrogens (tertiary/aromatic N) is 2. The van der Waals surface area contributed by atoms with Gasteiger partial charge in [-0.1, -0.05) is 79.9 Å². The van der Waals surface area contributed by atoms with Crippen LogP contribution in [0.15, 0.2) is 60.7 Å². The molecule has 2 fully saturated rings. The molecule has 0 saturated carbocycles. The molecule has 0 aliphatic carbocycles. The molecule has 0 radical (unpaired) electrons. The highest BCUT2D eigenvalue weighted by Gasteiger charge is 2.25. The predicted molar refractivity (Wildman–Crippen MR) is 133 cm³/mol. The number of benzene rings is 2. The third-order valence-corrected chi connectivity index (χ3v) is 7.56. The zero-order chi connectivity index (χ0) is 22.9. The number of hydrogen-bond acceptors (Lipinski definition) is 2. The van der Waals surface area contributed by atoms with Gasteiger partial charge in [0.15, 0.2) is 0 Å². The summed E-state index contributed by atoms with van der Waals surface area (Å²) in [7, 11) is 0. The maximum Gasteiger partial charge on any atom is 0.226 e. The fourth-order valence-electron chi connectivity index (χ4n) is 5.40. The Bertz CT molecular complexity index is 794. The summed E-state index contributed by atoms with van der Waals surface area (Å²) in [5, 5.41) is 0. The molecule has 176 valence electrons. The van der Waals surface area contributed by atoms with Gasteiger partial charge in [-0.05, 0) is 48.6 Å². The van der Waals surface area contributed by atoms with E-state index < -0.39 is 0 Å². The summed E-state index contributed by atoms with van der Waals surface area (Å²) in [5.41, 5.74) is 2.22. The van der Waals surface area contributed by atoms with Crippen molar-refractivity contribution < 1.29 is 9.59 Å². The molecule has 2 aliphatic rings. The maximum absolute atomic E-state index is 12.6. The van der Waals surface area contributed by atoms with Crippen molar-refractivity contribution in [1.29, 1.82) is 0 Å². The Morgan fingerprint density at radius 1 is 0.606 bits per heavy atom. The van der Waals surface area contributed by atoms with Gasteiger partial charge in [0.25, 0.3) is 0 Å². The summed E-state index contributed by atoms with van der Waals surface area (Å²) >= 11 is 0. The quantitative estimate of drug-likeness (QED) is 0.565. The highest BCUT2D eigenvalue weighted by Crippen LogP contribution is 2.27. The van der Waals surface area contributed by atoms with Gasteiger partial charge >= 0.3 is 0 Å². The average Bonchev–Trinajstić information content (AvgIpc) is 2.86. The van der Waals surface area contributed by atoms with Crippen molar-refractivity contribution in [2.24, 2.45) is 11.8 Å². The van der Waals surface area contributed by atoms with Crippen LogP contribution in [0.25, 0.3) is 0 Å². The first-order chi connectivity index (χ1) is 16.2. The summed E-state index contributed by atoms with van der Waals surface area (Å²) in [6.45, 7) is 3.66. The molecule has 4 rings (SSSR count). The van der Waals surface area contributed by atoms with Crippen molar-refractivity contribution in [2.45, 2.75) is 57.8 Å². The van der Waals surface area contributed by atoms with Crippen LogP contribution >= 0.6 is 0 Å². The molecule has 33 heavy (non-hydrogen) atoms. The van der Waals surface area contributed by atoms with Crippen molar-refractivity contribution in [2.75, 3.05) is 26.2 Å². The zero-order valence-corrected chi connectivity index (χ0v) is 19.8. The van der Waals surface area contributed by atoms with Crippen LogP contribution in [0.2, 0.25) is 0 Å². The summed E-state index contributed by atoms with van der Waals surface area (Å²) in [6, 6.07) is 20.1. The smallest absolute Gasteiger partial charge is 0.226 e. The van der Waals surface area contributed by atoms with Crippen LogP contribution in [0.1, 0.15) is 56.1 Å². The molecule has 0 atom stereocenters. The van der Waals surface area contributed by atoms with Crippen LogP contribution in [0, 0.1) is 11.8 Å². The molecule has 2 saturated heterocycles. The summed E-state index contributed by atoms with van der Waals surface area (Å²) in [4.78, 5) is 29.3. The van der Waals surface area contributed by atoms with Crippen molar-refractivity contribution >= 4 is 11.8 Å². The Hall–Kier alpha value is -2.62. The predicted octanol–water partition coefficient (Wildman–Crippen LogP) is 5.12. The van der Waals surface area contributed by atoms with Crippen molar-refractivity contribution in [3.63, 3.8) is 0 Å². The Morgan fingerprint density at radius 2 is 0.970 bits per heavy atom. The second-order valence-corrected chi connectivity index (χ2v) is 9.90. The van der Waals surface area contributed by atoms with Crippen LogP contribution in [0.5, 0.6) is 0 Å². The van der Waals surface area contributed by atoms with E-state index in [0.717, 1.165) is 74.8 Å². The molecule has 2 aromatic rings. The third-order valence-electron chi connectivity index (χ3n) is 7.56. The maximum atomic E-state index is 12.6. The number of amides is 2. The number of carbonyl (C=O) groups excluding carboxylic acids is 2. The first kappa shape index (κ1) is 23.5. The molecular weight excluding hydrogens is 408 g/mol. The monoisotopic (exact) mass is 446 g/mol. The highest BCUT2D eigenvalue weighted by molar-refractivity contribution is 5.79. The lowest BCUT2D eigenvalue weighted by Crippen LogP contribution is -2.39. The molecule has 2 heterocycles. The van der Waals surface area contributed by atoms with Gasteiger partial charge in [-0.3, -0.25) is 9.59 Å². The van der Waals surface area contributed by atoms with Crippen LogP contribution < -0.4 is 0 Å². The van der Waals surface area contributed by atoms with Gasteiger partial charge in [0, 0.05) is 26.2 Å². The van der Waals surface area contributed by atoms with Crippen molar-refractivity contribution in [3.8, 4) is 0 Å². The SMILES string of the molecule is O=C(Cc1ccccc1)N1CCC(CCCC2CCN(C(=O)Cc3ccccc3)CC2)CC1. The number of hydrogen-bond donors (Lipinski definition) is 0. The molecule has 4 heteroatoms. The number of piperidine rings is 2. The van der Waals surface area contributed by atoms with Gasteiger partial charge in [0.1, 0.15) is 0 Å². The Morgan fingerprint density at radius 3 is 1.33 bits per heavy atom. The minimum Gasteiger partial charge on any atom is -0.342 e. The largest absolute Gasteiger partial charge is 0.342 e. The first-order valence-corrected chi connectivity index (χ1v) is 12.8. The van der Waals surface area contributed by atoms with Crippen molar-refractivity contribution in [3.05, 3.63) is 71.8 Å². The lowest BCUT2D eigenvalue weighted by Gasteiger charge is -2.34. The molecule has 0 spiro atoms. The molecule has 2 aromatic carbocycles. The van der Waals surface area contributed by atoms with Gasteiger partial charge in [0.2, 0.25) is 11.8 Å². The standard InChI is InChI=1S/C29H38N2O2/c32-28(22-26-8-3-1-4-9-26)30-18-14-24(15-19-30)12-7-13-25-16-20-31(21-17-25)29(33)23-27-10-5-2-6-11-27/h1-6,8-11,24-25H,7,12-23H2. The van der Waals surface area contributed by atoms with E-state index >= 15 is 0 Å². The summed E-state index contributed by atoms with van der Waals surface area (Å²) < 4.78 is 0. The zero-order valence-electron chi connectivity index (χ0n) is 19.8. The fraction of sp³-hybridized carbons (Fsp3) is 0.517. The van der Waals surface area contributed by atoms with Gasteiger partial charge in [-0.25, -0.2) is 0 Å². The van der Waals surface area contributed by atoms with Gasteiger partial charge in [-0.2, -0.15) is 0 Å². The fourth-order valence-corrected chi connectivity index (χ4v) is 5.40. The molecule has 4 nitrogen and oxygen atoms in total. The second kappa shape index (κ2) is 12.0. The lowest BCUT2D eigenvalue weighted by molar-refractivity contribution is -0.132. The second-order valence-electron chi connectivity index (χ2n) is 9.90. The first-order valence-electron chi connectivity index (χ1n) is 12.8. The van der Waals surface area contributed by atoms with E-state index in [-0.39, 0.29) is 11.8 Å². The number of carbonyl (C=O) groups is 2. The van der Waals surface area contributed by atoms with Gasteiger partial charge < -0.3 is 9.80 Å². The summed E-state index contributed by atoms with van der Waals surface area (Å²) in [6.07, 6.45) is 9.49. The Kier molecular flexibility index (Phi) is 8.57. The van der Waals surface area contributed by atoms with Crippen molar-refractivity contribution in [1.82, 2.24) is 9.80 Å². The number of rotatable bonds is 8. The molecule has 2 amide bonds. The average molecular weight is 447 g/mol. The normalized spacial score (nSPS) is 17.8. The Balaban J connectivity index is 1.08. The molecule has 0 N–H and O–H groups in total. The van der Waals surface area contributed by atoms with Crippen LogP contribution in [0.4, 0.5) is 0 Å². The minimum absolute atomic E-state index is 0.272. The molecular formula is C29H38N2O2. The van der Waals surface area contributed by atoms with E-state index in [0.29, 0.717) is 12.8 Å². The minimum atomic E-state index is 0.272. The van der Waals surface area contributed by atoms with Crippen LogP contribution in [0.3, 0.4) is 0 Å². The summed E-state index contributed by atoms with van der Waals surface area (Å²) in [5.74, 6) is 2.07. The Labute approximate surface area is 199 Å². The third kappa shape index (κ3) is 7.18. The number of likely N-dealkylation sites (tertiary alicyclic amines) is 2. The highest BCUT2D eigenvalue weighted by atomic mass is 16.2. The topological polar surface area (TPSA) is 40.6 Å². The molecule has 0 bridgehead atoms. The van der Waals surface area contributed by atoms with Crippen LogP contribution in [-0.4, -0.2) is 47.8 Å². The van der Waals surface area contributed by atoms with E-state index in [2.05, 4.69) is 9.80 Å².